The summed E-state index contributed by atoms with van der Waals surface area (Å²) in [5, 5.41) is 6.95. The van der Waals surface area contributed by atoms with Crippen LogP contribution in [-0.4, -0.2) is 21.6 Å². The number of hydrogen-bond acceptors (Lipinski definition) is 4. The minimum atomic E-state index is -0.605. The van der Waals surface area contributed by atoms with Crippen LogP contribution < -0.4 is 0 Å². The van der Waals surface area contributed by atoms with Gasteiger partial charge in [0.05, 0.1) is 23.4 Å². The summed E-state index contributed by atoms with van der Waals surface area (Å²) in [5.74, 6) is -0.606. The van der Waals surface area contributed by atoms with E-state index in [2.05, 4.69) is 10.1 Å². The molecule has 1 amide bonds. The van der Waals surface area contributed by atoms with Crippen molar-refractivity contribution in [3.63, 3.8) is 0 Å². The molecule has 0 bridgehead atoms. The van der Waals surface area contributed by atoms with Gasteiger partial charge in [-0.15, -0.1) is 0 Å². The van der Waals surface area contributed by atoms with E-state index in [0.717, 1.165) is 16.5 Å². The quantitative estimate of drug-likeness (QED) is 0.377. The van der Waals surface area contributed by atoms with Gasteiger partial charge in [0.25, 0.3) is 5.91 Å². The lowest BCUT2D eigenvalue weighted by Crippen LogP contribution is -2.28. The van der Waals surface area contributed by atoms with Gasteiger partial charge in [-0.05, 0) is 48.9 Å². The van der Waals surface area contributed by atoms with Crippen LogP contribution in [0.15, 0.2) is 76.4 Å². The molecule has 31 heavy (non-hydrogen) atoms. The number of hydrogen-bond donors (Lipinski definition) is 0. The molecule has 0 saturated heterocycles. The Balaban J connectivity index is 1.62. The molecular formula is C24H17ClFN3O2. The lowest BCUT2D eigenvalue weighted by atomic mass is 10.00. The number of nitrogens with zero attached hydrogens (tertiary/aromatic N) is 3. The Morgan fingerprint density at radius 2 is 2.00 bits per heavy atom. The Hall–Kier alpha value is -3.51. The normalized spacial score (nSPS) is 16.0. The summed E-state index contributed by atoms with van der Waals surface area (Å²) in [4.78, 5) is 17.8. The highest BCUT2D eigenvalue weighted by Gasteiger charge is 2.37. The first kappa shape index (κ1) is 19.5. The Morgan fingerprint density at radius 1 is 1.16 bits per heavy atom. The van der Waals surface area contributed by atoms with Crippen LogP contribution >= 0.6 is 11.6 Å². The largest absolute Gasteiger partial charge is 0.463 e. The van der Waals surface area contributed by atoms with Crippen molar-refractivity contribution in [2.45, 2.75) is 19.4 Å². The second-order valence-corrected chi connectivity index (χ2v) is 7.80. The molecule has 154 valence electrons. The predicted molar refractivity (Wildman–Crippen MR) is 117 cm³/mol. The third-order valence-electron chi connectivity index (χ3n) is 5.34. The summed E-state index contributed by atoms with van der Waals surface area (Å²) >= 11 is 6.56. The van der Waals surface area contributed by atoms with Crippen LogP contribution in [0.4, 0.5) is 4.39 Å². The van der Waals surface area contributed by atoms with Crippen molar-refractivity contribution in [1.29, 1.82) is 0 Å². The molecule has 3 heterocycles. The van der Waals surface area contributed by atoms with Gasteiger partial charge >= 0.3 is 0 Å². The number of furan rings is 1. The summed E-state index contributed by atoms with van der Waals surface area (Å²) in [6, 6.07) is 16.6. The van der Waals surface area contributed by atoms with Crippen molar-refractivity contribution in [3.05, 3.63) is 100 Å². The lowest BCUT2D eigenvalue weighted by Gasteiger charge is -2.23. The summed E-state index contributed by atoms with van der Waals surface area (Å²) in [7, 11) is 0. The molecule has 1 aliphatic heterocycles. The van der Waals surface area contributed by atoms with E-state index < -0.39 is 17.8 Å². The zero-order valence-electron chi connectivity index (χ0n) is 16.5. The summed E-state index contributed by atoms with van der Waals surface area (Å²) in [5.41, 5.74) is 3.01. The first-order valence-corrected chi connectivity index (χ1v) is 10.2. The number of benzene rings is 2. The molecule has 1 unspecified atom stereocenters. The fraction of sp³-hybridized carbons (Fsp3) is 0.125. The molecule has 0 N–H and O–H groups in total. The fourth-order valence-electron chi connectivity index (χ4n) is 3.79. The lowest BCUT2D eigenvalue weighted by molar-refractivity contribution is 0.0706. The van der Waals surface area contributed by atoms with E-state index in [0.29, 0.717) is 23.5 Å². The molecule has 0 radical (unpaired) electrons. The van der Waals surface area contributed by atoms with E-state index in [-0.39, 0.29) is 10.7 Å². The summed E-state index contributed by atoms with van der Waals surface area (Å²) < 4.78 is 19.8. The summed E-state index contributed by atoms with van der Waals surface area (Å²) in [6.07, 6.45) is 1.91. The number of carbonyl (C=O) groups excluding carboxylic acids is 1. The van der Waals surface area contributed by atoms with Gasteiger partial charge in [-0.1, -0.05) is 35.9 Å². The first-order chi connectivity index (χ1) is 15.0. The SMILES string of the molecule is Cc1ccc2cc(C3CC(c4ccco4)=NN3C(=O)c3ccccc3F)c(Cl)nc2c1. The Bertz CT molecular complexity index is 1330. The van der Waals surface area contributed by atoms with Gasteiger partial charge in [0.1, 0.15) is 22.4 Å². The van der Waals surface area contributed by atoms with Crippen molar-refractivity contribution in [3.8, 4) is 0 Å². The number of hydrazone groups is 1. The second-order valence-electron chi connectivity index (χ2n) is 7.44. The Labute approximate surface area is 182 Å². The average molecular weight is 434 g/mol. The molecule has 0 saturated carbocycles. The third-order valence-corrected chi connectivity index (χ3v) is 5.64. The number of pyridine rings is 1. The van der Waals surface area contributed by atoms with Crippen molar-refractivity contribution in [2.75, 3.05) is 0 Å². The van der Waals surface area contributed by atoms with Gasteiger partial charge in [-0.25, -0.2) is 14.4 Å². The molecule has 0 fully saturated rings. The standard InChI is InChI=1S/C24H17ClFN3O2/c1-14-8-9-15-12-17(23(25)27-19(15)11-14)21-13-20(22-7-4-10-31-22)28-29(21)24(30)16-5-2-3-6-18(16)26/h2-12,21H,13H2,1H3. The van der Waals surface area contributed by atoms with Crippen LogP contribution in [0.3, 0.4) is 0 Å². The van der Waals surface area contributed by atoms with E-state index in [1.165, 1.54) is 23.2 Å². The zero-order valence-corrected chi connectivity index (χ0v) is 17.3. The molecule has 4 aromatic rings. The monoisotopic (exact) mass is 433 g/mol. The highest BCUT2D eigenvalue weighted by atomic mass is 35.5. The maximum absolute atomic E-state index is 14.4. The zero-order chi connectivity index (χ0) is 21.5. The van der Waals surface area contributed by atoms with E-state index in [1.54, 1.807) is 24.5 Å². The van der Waals surface area contributed by atoms with Crippen molar-refractivity contribution in [1.82, 2.24) is 9.99 Å². The maximum Gasteiger partial charge on any atom is 0.277 e. The smallest absolute Gasteiger partial charge is 0.277 e. The number of aromatic nitrogens is 1. The minimum Gasteiger partial charge on any atom is -0.463 e. The molecule has 0 spiro atoms. The van der Waals surface area contributed by atoms with E-state index >= 15 is 0 Å². The molecule has 5 nitrogen and oxygen atoms in total. The number of carbonyl (C=O) groups is 1. The van der Waals surface area contributed by atoms with Gasteiger partial charge in [0.2, 0.25) is 0 Å². The van der Waals surface area contributed by atoms with Gasteiger partial charge in [-0.2, -0.15) is 5.10 Å². The molecular weight excluding hydrogens is 417 g/mol. The number of rotatable bonds is 3. The van der Waals surface area contributed by atoms with Gasteiger partial charge < -0.3 is 4.42 Å². The minimum absolute atomic E-state index is 0.0579. The topological polar surface area (TPSA) is 58.7 Å². The number of halogens is 2. The Kier molecular flexibility index (Phi) is 4.79. The molecule has 0 aliphatic carbocycles. The van der Waals surface area contributed by atoms with Crippen LogP contribution in [-0.2, 0) is 0 Å². The van der Waals surface area contributed by atoms with Crippen LogP contribution in [0.5, 0.6) is 0 Å². The van der Waals surface area contributed by atoms with Crippen LogP contribution in [0.1, 0.15) is 39.7 Å². The van der Waals surface area contributed by atoms with E-state index in [9.17, 15) is 9.18 Å². The number of aryl methyl sites for hydroxylation is 1. The van der Waals surface area contributed by atoms with Gasteiger partial charge in [-0.3, -0.25) is 4.79 Å². The molecule has 1 aliphatic rings. The molecule has 2 aromatic carbocycles. The highest BCUT2D eigenvalue weighted by Crippen LogP contribution is 2.38. The average Bonchev–Trinajstić information content (AvgIpc) is 3.43. The first-order valence-electron chi connectivity index (χ1n) is 9.77. The molecule has 2 aromatic heterocycles. The van der Waals surface area contributed by atoms with Crippen LogP contribution in [0.2, 0.25) is 5.15 Å². The third kappa shape index (κ3) is 3.49. The van der Waals surface area contributed by atoms with Gasteiger partial charge in [0.15, 0.2) is 0 Å². The maximum atomic E-state index is 14.4. The van der Waals surface area contributed by atoms with Crippen LogP contribution in [0, 0.1) is 12.7 Å². The van der Waals surface area contributed by atoms with Gasteiger partial charge in [0, 0.05) is 17.4 Å². The fourth-order valence-corrected chi connectivity index (χ4v) is 4.06. The highest BCUT2D eigenvalue weighted by molar-refractivity contribution is 6.30. The number of fused-ring (bicyclic) bond motifs is 1. The summed E-state index contributed by atoms with van der Waals surface area (Å²) in [6.45, 7) is 1.98. The predicted octanol–water partition coefficient (Wildman–Crippen LogP) is 5.92. The Morgan fingerprint density at radius 3 is 2.77 bits per heavy atom. The molecule has 1 atom stereocenters. The van der Waals surface area contributed by atoms with Crippen molar-refractivity contribution < 1.29 is 13.6 Å². The van der Waals surface area contributed by atoms with Crippen molar-refractivity contribution >= 4 is 34.1 Å². The van der Waals surface area contributed by atoms with Crippen molar-refractivity contribution in [2.24, 2.45) is 5.10 Å². The number of amides is 1. The molecule has 7 heteroatoms. The molecule has 5 rings (SSSR count). The van der Waals surface area contributed by atoms with Crippen LogP contribution in [0.25, 0.3) is 10.9 Å². The van der Waals surface area contributed by atoms with E-state index in [4.69, 9.17) is 16.0 Å². The van der Waals surface area contributed by atoms with E-state index in [1.807, 2.05) is 31.2 Å². The second kappa shape index (κ2) is 7.63.